The largest absolute Gasteiger partial charge is 0.416 e. The van der Waals surface area contributed by atoms with Gasteiger partial charge in [0.25, 0.3) is 0 Å². The molecule has 0 bridgehead atoms. The van der Waals surface area contributed by atoms with Crippen LogP contribution in [0.15, 0.2) is 42.6 Å². The van der Waals surface area contributed by atoms with Crippen molar-refractivity contribution in [3.8, 4) is 0 Å². The van der Waals surface area contributed by atoms with Crippen LogP contribution < -0.4 is 10.2 Å². The molecule has 6 nitrogen and oxygen atoms in total. The minimum absolute atomic E-state index is 0.0463. The fourth-order valence-corrected chi connectivity index (χ4v) is 4.61. The van der Waals surface area contributed by atoms with Gasteiger partial charge < -0.3 is 15.1 Å². The van der Waals surface area contributed by atoms with E-state index in [0.29, 0.717) is 55.9 Å². The topological polar surface area (TPSA) is 65.5 Å². The first-order valence-electron chi connectivity index (χ1n) is 11.3. The number of amides is 2. The monoisotopic (exact) mass is 494 g/mol. The third kappa shape index (κ3) is 5.81. The van der Waals surface area contributed by atoms with Crippen LogP contribution in [0.3, 0.4) is 0 Å². The fraction of sp³-hybridized carbons (Fsp3) is 0.458. The second kappa shape index (κ2) is 10.2. The number of aromatic nitrogens is 1. The Bertz CT molecular complexity index is 1020. The predicted molar refractivity (Wildman–Crippen MR) is 122 cm³/mol. The first-order chi connectivity index (χ1) is 16.2. The molecule has 4 rings (SSSR count). The Labute approximate surface area is 201 Å². The summed E-state index contributed by atoms with van der Waals surface area (Å²) in [4.78, 5) is 33.3. The summed E-state index contributed by atoms with van der Waals surface area (Å²) >= 11 is 5.90. The summed E-state index contributed by atoms with van der Waals surface area (Å²) in [6.07, 6.45) is -0.604. The van der Waals surface area contributed by atoms with E-state index in [-0.39, 0.29) is 24.3 Å². The van der Waals surface area contributed by atoms with Crippen LogP contribution in [-0.2, 0) is 15.8 Å². The SMILES string of the molecule is O=C(NC(CN1CCCC1=O)c1cccc(C(F)(F)F)c1)C1CCN(c2ccc(Cl)cn2)CC1. The molecule has 2 fully saturated rings. The van der Waals surface area contributed by atoms with E-state index in [1.165, 1.54) is 6.07 Å². The first kappa shape index (κ1) is 24.3. The Morgan fingerprint density at radius 2 is 1.94 bits per heavy atom. The maximum atomic E-state index is 13.3. The summed E-state index contributed by atoms with van der Waals surface area (Å²) in [5.41, 5.74) is -0.438. The summed E-state index contributed by atoms with van der Waals surface area (Å²) < 4.78 is 39.8. The van der Waals surface area contributed by atoms with Crippen molar-refractivity contribution in [2.75, 3.05) is 31.1 Å². The van der Waals surface area contributed by atoms with Crippen LogP contribution in [0.4, 0.5) is 19.0 Å². The van der Waals surface area contributed by atoms with Crippen molar-refractivity contribution in [2.24, 2.45) is 5.92 Å². The van der Waals surface area contributed by atoms with E-state index >= 15 is 0 Å². The highest BCUT2D eigenvalue weighted by molar-refractivity contribution is 6.30. The van der Waals surface area contributed by atoms with Gasteiger partial charge in [0.2, 0.25) is 11.8 Å². The fourth-order valence-electron chi connectivity index (χ4n) is 4.50. The normalized spacial score (nSPS) is 18.3. The summed E-state index contributed by atoms with van der Waals surface area (Å²) in [5, 5.41) is 3.49. The molecule has 0 spiro atoms. The molecule has 0 saturated carbocycles. The average Bonchev–Trinajstić information content (AvgIpc) is 3.23. The van der Waals surface area contributed by atoms with Gasteiger partial charge in [-0.15, -0.1) is 0 Å². The number of anilines is 1. The lowest BCUT2D eigenvalue weighted by Gasteiger charge is -2.33. The Balaban J connectivity index is 1.45. The van der Waals surface area contributed by atoms with E-state index in [4.69, 9.17) is 11.6 Å². The molecule has 3 heterocycles. The van der Waals surface area contributed by atoms with Gasteiger partial charge in [-0.05, 0) is 49.1 Å². The van der Waals surface area contributed by atoms with Crippen molar-refractivity contribution in [1.82, 2.24) is 15.2 Å². The van der Waals surface area contributed by atoms with Gasteiger partial charge in [0, 0.05) is 44.7 Å². The Morgan fingerprint density at radius 1 is 1.18 bits per heavy atom. The molecule has 182 valence electrons. The Morgan fingerprint density at radius 3 is 2.56 bits per heavy atom. The van der Waals surface area contributed by atoms with Crippen molar-refractivity contribution < 1.29 is 22.8 Å². The number of nitrogens with one attached hydrogen (secondary N) is 1. The maximum Gasteiger partial charge on any atom is 0.416 e. The molecule has 0 aliphatic carbocycles. The molecule has 10 heteroatoms. The third-order valence-corrected chi connectivity index (χ3v) is 6.63. The molecule has 1 aromatic heterocycles. The van der Waals surface area contributed by atoms with Gasteiger partial charge in [-0.2, -0.15) is 13.2 Å². The zero-order chi connectivity index (χ0) is 24.3. The lowest BCUT2D eigenvalue weighted by atomic mass is 9.94. The third-order valence-electron chi connectivity index (χ3n) is 6.41. The van der Waals surface area contributed by atoms with E-state index in [9.17, 15) is 22.8 Å². The molecule has 2 aromatic rings. The zero-order valence-corrected chi connectivity index (χ0v) is 19.3. The van der Waals surface area contributed by atoms with Crippen molar-refractivity contribution in [3.63, 3.8) is 0 Å². The molecule has 1 N–H and O–H groups in total. The van der Waals surface area contributed by atoms with Gasteiger partial charge in [0.15, 0.2) is 0 Å². The second-order valence-corrected chi connectivity index (χ2v) is 9.16. The molecule has 2 aliphatic rings. The van der Waals surface area contributed by atoms with Gasteiger partial charge >= 0.3 is 6.18 Å². The van der Waals surface area contributed by atoms with Gasteiger partial charge in [-0.1, -0.05) is 23.7 Å². The Hall–Kier alpha value is -2.81. The van der Waals surface area contributed by atoms with Gasteiger partial charge in [0.05, 0.1) is 16.6 Å². The van der Waals surface area contributed by atoms with Crippen molar-refractivity contribution in [3.05, 3.63) is 58.7 Å². The second-order valence-electron chi connectivity index (χ2n) is 8.72. The summed E-state index contributed by atoms with van der Waals surface area (Å²) in [7, 11) is 0. The number of hydrogen-bond donors (Lipinski definition) is 1. The quantitative estimate of drug-likeness (QED) is 0.644. The molecule has 1 unspecified atom stereocenters. The van der Waals surface area contributed by atoms with Crippen molar-refractivity contribution in [2.45, 2.75) is 37.9 Å². The molecule has 34 heavy (non-hydrogen) atoms. The number of alkyl halides is 3. The number of piperidine rings is 1. The van der Waals surface area contributed by atoms with E-state index in [0.717, 1.165) is 18.0 Å². The van der Waals surface area contributed by atoms with Gasteiger partial charge in [0.1, 0.15) is 5.82 Å². The van der Waals surface area contributed by atoms with Crippen LogP contribution in [0.25, 0.3) is 0 Å². The minimum atomic E-state index is -4.49. The van der Waals surface area contributed by atoms with Crippen molar-refractivity contribution >= 4 is 29.2 Å². The number of rotatable bonds is 6. The van der Waals surface area contributed by atoms with E-state index < -0.39 is 17.8 Å². The highest BCUT2D eigenvalue weighted by Crippen LogP contribution is 2.32. The van der Waals surface area contributed by atoms with Crippen LogP contribution in [0, 0.1) is 5.92 Å². The van der Waals surface area contributed by atoms with Gasteiger partial charge in [-0.25, -0.2) is 4.98 Å². The maximum absolute atomic E-state index is 13.3. The van der Waals surface area contributed by atoms with Crippen molar-refractivity contribution in [1.29, 1.82) is 0 Å². The zero-order valence-electron chi connectivity index (χ0n) is 18.5. The molecule has 1 atom stereocenters. The van der Waals surface area contributed by atoms with E-state index in [1.807, 2.05) is 6.07 Å². The smallest absolute Gasteiger partial charge is 0.357 e. The highest BCUT2D eigenvalue weighted by atomic mass is 35.5. The molecular weight excluding hydrogens is 469 g/mol. The number of benzene rings is 1. The number of likely N-dealkylation sites (tertiary alicyclic amines) is 1. The lowest BCUT2D eigenvalue weighted by Crippen LogP contribution is -2.44. The molecular formula is C24H26ClF3N4O2. The summed E-state index contributed by atoms with van der Waals surface area (Å²) in [6, 6.07) is 7.84. The number of pyridine rings is 1. The van der Waals surface area contributed by atoms with Crippen LogP contribution in [-0.4, -0.2) is 47.9 Å². The molecule has 2 saturated heterocycles. The lowest BCUT2D eigenvalue weighted by molar-refractivity contribution is -0.137. The molecule has 0 radical (unpaired) electrons. The summed E-state index contributed by atoms with van der Waals surface area (Å²) in [5.74, 6) is 0.261. The van der Waals surface area contributed by atoms with Crippen LogP contribution in [0.1, 0.15) is 42.9 Å². The van der Waals surface area contributed by atoms with Crippen LogP contribution in [0.2, 0.25) is 5.02 Å². The Kier molecular flexibility index (Phi) is 7.30. The number of carbonyl (C=O) groups excluding carboxylic acids is 2. The van der Waals surface area contributed by atoms with E-state index in [1.54, 1.807) is 23.2 Å². The first-order valence-corrected chi connectivity index (χ1v) is 11.7. The molecule has 2 amide bonds. The van der Waals surface area contributed by atoms with Gasteiger partial charge in [-0.3, -0.25) is 9.59 Å². The minimum Gasteiger partial charge on any atom is -0.357 e. The molecule has 2 aliphatic heterocycles. The van der Waals surface area contributed by atoms with Crippen LogP contribution in [0.5, 0.6) is 0 Å². The summed E-state index contributed by atoms with van der Waals surface area (Å²) in [6.45, 7) is 1.95. The standard InChI is InChI=1S/C24H26ClF3N4O2/c25-19-6-7-21(29-14-19)31-11-8-16(9-12-31)23(34)30-20(15-32-10-2-5-22(32)33)17-3-1-4-18(13-17)24(26,27)28/h1,3-4,6-7,13-14,16,20H,2,5,8-12,15H2,(H,30,34). The predicted octanol–water partition coefficient (Wildman–Crippen LogP) is 4.45. The molecule has 1 aromatic carbocycles. The van der Waals surface area contributed by atoms with Crippen LogP contribution >= 0.6 is 11.6 Å². The number of nitrogens with zero attached hydrogens (tertiary/aromatic N) is 3. The number of hydrogen-bond acceptors (Lipinski definition) is 4. The highest BCUT2D eigenvalue weighted by Gasteiger charge is 2.33. The number of carbonyl (C=O) groups is 2. The number of halogens is 4. The van der Waals surface area contributed by atoms with E-state index in [2.05, 4.69) is 15.2 Å². The average molecular weight is 495 g/mol.